The van der Waals surface area contributed by atoms with E-state index in [4.69, 9.17) is 0 Å². The molecule has 0 saturated heterocycles. The van der Waals surface area contributed by atoms with Gasteiger partial charge in [-0.2, -0.15) is 13.2 Å². The number of nitrogens with zero attached hydrogens (tertiary/aromatic N) is 1. The van der Waals surface area contributed by atoms with Crippen LogP contribution in [0.5, 0.6) is 5.75 Å². The second kappa shape index (κ2) is 9.97. The molecule has 0 heterocycles. The zero-order chi connectivity index (χ0) is 17.1. The largest absolute Gasteiger partial charge is 0.484 e. The Balaban J connectivity index is 2.36. The summed E-state index contributed by atoms with van der Waals surface area (Å²) in [4.78, 5) is 4.12. The lowest BCUT2D eigenvalue weighted by molar-refractivity contribution is -0.153. The highest BCUT2D eigenvalue weighted by molar-refractivity contribution is 5.79. The van der Waals surface area contributed by atoms with Crippen molar-refractivity contribution in [3.63, 3.8) is 0 Å². The topological polar surface area (TPSA) is 45.7 Å². The Morgan fingerprint density at radius 2 is 1.83 bits per heavy atom. The lowest BCUT2D eigenvalue weighted by atomic mass is 10.2. The molecule has 1 rings (SSSR count). The van der Waals surface area contributed by atoms with Crippen LogP contribution in [-0.2, 0) is 6.54 Å². The summed E-state index contributed by atoms with van der Waals surface area (Å²) in [6, 6.07) is 6.51. The summed E-state index contributed by atoms with van der Waals surface area (Å²) >= 11 is 0. The van der Waals surface area contributed by atoms with Gasteiger partial charge < -0.3 is 15.4 Å². The van der Waals surface area contributed by atoms with E-state index in [2.05, 4.69) is 27.3 Å². The van der Waals surface area contributed by atoms with Crippen LogP contribution in [0.4, 0.5) is 13.2 Å². The molecule has 7 heteroatoms. The van der Waals surface area contributed by atoms with Gasteiger partial charge in [0.05, 0.1) is 0 Å². The van der Waals surface area contributed by atoms with E-state index in [1.165, 1.54) is 18.6 Å². The molecule has 0 aliphatic rings. The molecule has 0 radical (unpaired) electrons. The molecule has 0 amide bonds. The Morgan fingerprint density at radius 3 is 2.39 bits per heavy atom. The van der Waals surface area contributed by atoms with Crippen molar-refractivity contribution in [1.29, 1.82) is 0 Å². The SMILES string of the molecule is CCCCCNC(=NC)NCc1ccc(OCC(F)(F)F)cc1. The van der Waals surface area contributed by atoms with Gasteiger partial charge in [-0.05, 0) is 24.1 Å². The smallest absolute Gasteiger partial charge is 0.422 e. The molecule has 1 aromatic carbocycles. The highest BCUT2D eigenvalue weighted by Gasteiger charge is 2.28. The Hall–Kier alpha value is -1.92. The molecule has 0 aromatic heterocycles. The maximum absolute atomic E-state index is 12.1. The van der Waals surface area contributed by atoms with Crippen LogP contribution in [0, 0.1) is 0 Å². The molecule has 0 bridgehead atoms. The molecule has 23 heavy (non-hydrogen) atoms. The van der Waals surface area contributed by atoms with Crippen molar-refractivity contribution in [2.24, 2.45) is 4.99 Å². The summed E-state index contributed by atoms with van der Waals surface area (Å²) in [6.45, 7) is 2.26. The fourth-order valence-electron chi connectivity index (χ4n) is 1.86. The van der Waals surface area contributed by atoms with Crippen molar-refractivity contribution >= 4 is 5.96 Å². The number of hydrogen-bond donors (Lipinski definition) is 2. The fourth-order valence-corrected chi connectivity index (χ4v) is 1.86. The maximum Gasteiger partial charge on any atom is 0.422 e. The highest BCUT2D eigenvalue weighted by Crippen LogP contribution is 2.18. The van der Waals surface area contributed by atoms with E-state index in [9.17, 15) is 13.2 Å². The fraction of sp³-hybridized carbons (Fsp3) is 0.562. The number of alkyl halides is 3. The van der Waals surface area contributed by atoms with Crippen LogP contribution in [-0.4, -0.2) is 32.3 Å². The van der Waals surface area contributed by atoms with E-state index >= 15 is 0 Å². The standard InChI is InChI=1S/C16H24F3N3O/c1-3-4-5-10-21-15(20-2)22-11-13-6-8-14(9-7-13)23-12-16(17,18)19/h6-9H,3-5,10-12H2,1-2H3,(H2,20,21,22). The molecule has 0 saturated carbocycles. The maximum atomic E-state index is 12.1. The molecule has 0 spiro atoms. The minimum Gasteiger partial charge on any atom is -0.484 e. The zero-order valence-electron chi connectivity index (χ0n) is 13.5. The van der Waals surface area contributed by atoms with Gasteiger partial charge in [0.15, 0.2) is 12.6 Å². The van der Waals surface area contributed by atoms with Crippen molar-refractivity contribution < 1.29 is 17.9 Å². The number of aliphatic imine (C=N–C) groups is 1. The van der Waals surface area contributed by atoms with Gasteiger partial charge >= 0.3 is 6.18 Å². The van der Waals surface area contributed by atoms with E-state index in [-0.39, 0.29) is 5.75 Å². The van der Waals surface area contributed by atoms with Crippen molar-refractivity contribution in [2.75, 3.05) is 20.2 Å². The molecule has 0 atom stereocenters. The minimum atomic E-state index is -4.32. The Labute approximate surface area is 135 Å². The quantitative estimate of drug-likeness (QED) is 0.435. The van der Waals surface area contributed by atoms with Gasteiger partial charge in [-0.3, -0.25) is 4.99 Å². The van der Waals surface area contributed by atoms with Crippen LogP contribution >= 0.6 is 0 Å². The second-order valence-electron chi connectivity index (χ2n) is 5.11. The second-order valence-corrected chi connectivity index (χ2v) is 5.11. The van der Waals surface area contributed by atoms with Crippen molar-refractivity contribution in [3.8, 4) is 5.75 Å². The van der Waals surface area contributed by atoms with Crippen LogP contribution in [0.2, 0.25) is 0 Å². The Kier molecular flexibility index (Phi) is 8.29. The predicted octanol–water partition coefficient (Wildman–Crippen LogP) is 3.48. The van der Waals surface area contributed by atoms with Crippen molar-refractivity contribution in [1.82, 2.24) is 10.6 Å². The number of hydrogen-bond acceptors (Lipinski definition) is 2. The molecule has 0 unspecified atom stereocenters. The van der Waals surface area contributed by atoms with Gasteiger partial charge in [-0.1, -0.05) is 31.9 Å². The van der Waals surface area contributed by atoms with Crippen molar-refractivity contribution in [2.45, 2.75) is 38.9 Å². The third kappa shape index (κ3) is 8.95. The normalized spacial score (nSPS) is 12.1. The lowest BCUT2D eigenvalue weighted by Crippen LogP contribution is -2.37. The molecule has 4 nitrogen and oxygen atoms in total. The van der Waals surface area contributed by atoms with E-state index in [1.54, 1.807) is 19.2 Å². The molecule has 1 aromatic rings. The summed E-state index contributed by atoms with van der Waals surface area (Å²) in [5, 5.41) is 6.37. The van der Waals surface area contributed by atoms with Gasteiger partial charge in [0.1, 0.15) is 5.75 Å². The van der Waals surface area contributed by atoms with E-state index in [1.807, 2.05) is 0 Å². The summed E-state index contributed by atoms with van der Waals surface area (Å²) in [5.41, 5.74) is 0.931. The summed E-state index contributed by atoms with van der Waals surface area (Å²) < 4.78 is 40.9. The first-order chi connectivity index (χ1) is 10.9. The average molecular weight is 331 g/mol. The first kappa shape index (κ1) is 19.1. The third-order valence-corrected chi connectivity index (χ3v) is 3.08. The van der Waals surface area contributed by atoms with Gasteiger partial charge in [0.25, 0.3) is 0 Å². The first-order valence-corrected chi connectivity index (χ1v) is 7.67. The Morgan fingerprint density at radius 1 is 1.13 bits per heavy atom. The molecule has 0 fully saturated rings. The summed E-state index contributed by atoms with van der Waals surface area (Å²) in [6.07, 6.45) is -0.904. The monoisotopic (exact) mass is 331 g/mol. The number of rotatable bonds is 8. The van der Waals surface area contributed by atoms with Gasteiger partial charge in [0, 0.05) is 20.1 Å². The van der Waals surface area contributed by atoms with Crippen LogP contribution in [0.25, 0.3) is 0 Å². The number of nitrogens with one attached hydrogen (secondary N) is 2. The highest BCUT2D eigenvalue weighted by atomic mass is 19.4. The number of benzene rings is 1. The minimum absolute atomic E-state index is 0.202. The molecule has 0 aliphatic carbocycles. The number of guanidine groups is 1. The van der Waals surface area contributed by atoms with Crippen LogP contribution in [0.1, 0.15) is 31.7 Å². The van der Waals surface area contributed by atoms with E-state index in [0.717, 1.165) is 24.9 Å². The molecular formula is C16H24F3N3O. The van der Waals surface area contributed by atoms with Gasteiger partial charge in [-0.25, -0.2) is 0 Å². The lowest BCUT2D eigenvalue weighted by Gasteiger charge is -2.12. The molecule has 0 aliphatic heterocycles. The van der Waals surface area contributed by atoms with Crippen molar-refractivity contribution in [3.05, 3.63) is 29.8 Å². The van der Waals surface area contributed by atoms with E-state index in [0.29, 0.717) is 12.5 Å². The van der Waals surface area contributed by atoms with Crippen LogP contribution < -0.4 is 15.4 Å². The number of halogens is 3. The first-order valence-electron chi connectivity index (χ1n) is 7.67. The van der Waals surface area contributed by atoms with Crippen LogP contribution in [0.3, 0.4) is 0 Å². The molecule has 130 valence electrons. The number of unbranched alkanes of at least 4 members (excludes halogenated alkanes) is 2. The van der Waals surface area contributed by atoms with E-state index < -0.39 is 12.8 Å². The molecule has 2 N–H and O–H groups in total. The van der Waals surface area contributed by atoms with Crippen LogP contribution in [0.15, 0.2) is 29.3 Å². The number of ether oxygens (including phenoxy) is 1. The van der Waals surface area contributed by atoms with Gasteiger partial charge in [0.2, 0.25) is 0 Å². The third-order valence-electron chi connectivity index (χ3n) is 3.08. The average Bonchev–Trinajstić information content (AvgIpc) is 2.52. The zero-order valence-corrected chi connectivity index (χ0v) is 13.5. The predicted molar refractivity (Wildman–Crippen MR) is 85.7 cm³/mol. The summed E-state index contributed by atoms with van der Waals surface area (Å²) in [7, 11) is 1.70. The summed E-state index contributed by atoms with van der Waals surface area (Å²) in [5.74, 6) is 0.909. The van der Waals surface area contributed by atoms with Gasteiger partial charge in [-0.15, -0.1) is 0 Å². The Bertz CT molecular complexity index is 472. The molecular weight excluding hydrogens is 307 g/mol.